The molecule has 0 spiro atoms. The van der Waals surface area contributed by atoms with Crippen LogP contribution in [-0.2, 0) is 19.3 Å². The monoisotopic (exact) mass is 725 g/mol. The molecule has 1 rings (SSSR count). The molecule has 1 fully saturated rings. The molecule has 0 aliphatic carbocycles. The Bertz CT molecular complexity index is 1090. The lowest BCUT2D eigenvalue weighted by atomic mass is 10.00. The highest BCUT2D eigenvalue weighted by molar-refractivity contribution is 7.90. The van der Waals surface area contributed by atoms with E-state index in [0.717, 1.165) is 89.9 Å². The summed E-state index contributed by atoms with van der Waals surface area (Å²) in [6.07, 6.45) is 62.3. The van der Waals surface area contributed by atoms with E-state index in [-0.39, 0.29) is 11.9 Å². The van der Waals surface area contributed by atoms with Crippen molar-refractivity contribution in [2.75, 3.05) is 18.6 Å². The van der Waals surface area contributed by atoms with Crippen LogP contribution in [0.15, 0.2) is 97.2 Å². The zero-order valence-electron chi connectivity index (χ0n) is 33.0. The second-order valence-electron chi connectivity index (χ2n) is 14.0. The summed E-state index contributed by atoms with van der Waals surface area (Å²) < 4.78 is 36.2. The van der Waals surface area contributed by atoms with Crippen molar-refractivity contribution in [3.63, 3.8) is 0 Å². The number of hydrogen-bond donors (Lipinski definition) is 0. The Morgan fingerprint density at radius 3 is 1.18 bits per heavy atom. The fourth-order valence-corrected chi connectivity index (χ4v) is 6.62. The van der Waals surface area contributed by atoms with E-state index in [4.69, 9.17) is 9.47 Å². The molecule has 51 heavy (non-hydrogen) atoms. The molecule has 290 valence electrons. The van der Waals surface area contributed by atoms with Crippen LogP contribution in [0.25, 0.3) is 0 Å². The van der Waals surface area contributed by atoms with E-state index >= 15 is 0 Å². The first-order chi connectivity index (χ1) is 24.9. The Labute approximate surface area is 315 Å². The molecule has 1 aliphatic rings. The van der Waals surface area contributed by atoms with E-state index in [1.54, 1.807) is 0 Å². The Balaban J connectivity index is 2.29. The van der Waals surface area contributed by atoms with E-state index in [1.165, 1.54) is 57.6 Å². The molecule has 1 aliphatic heterocycles. The molecule has 0 aromatic heterocycles. The molecule has 1 heterocycles. The summed E-state index contributed by atoms with van der Waals surface area (Å²) in [5.41, 5.74) is 0. The van der Waals surface area contributed by atoms with Crippen molar-refractivity contribution in [1.29, 1.82) is 0 Å². The lowest BCUT2D eigenvalue weighted by molar-refractivity contribution is -0.179. The maximum Gasteiger partial charge on any atom is 0.168 e. The van der Waals surface area contributed by atoms with Gasteiger partial charge in [0.25, 0.3) is 0 Å². The van der Waals surface area contributed by atoms with Crippen LogP contribution in [0.2, 0.25) is 0 Å². The average molecular weight is 725 g/mol. The molecule has 1 saturated heterocycles. The van der Waals surface area contributed by atoms with Crippen LogP contribution in [0.1, 0.15) is 162 Å². The van der Waals surface area contributed by atoms with Crippen LogP contribution >= 0.6 is 0 Å². The van der Waals surface area contributed by atoms with Gasteiger partial charge in [0.2, 0.25) is 0 Å². The van der Waals surface area contributed by atoms with Crippen molar-refractivity contribution in [3.8, 4) is 0 Å². The second kappa shape index (κ2) is 33.6. The zero-order chi connectivity index (χ0) is 37.0. The normalized spacial score (nSPS) is 19.2. The first kappa shape index (κ1) is 46.8. The third-order valence-electron chi connectivity index (χ3n) is 9.00. The zero-order valence-corrected chi connectivity index (χ0v) is 33.9. The van der Waals surface area contributed by atoms with Crippen molar-refractivity contribution >= 4 is 9.84 Å². The third kappa shape index (κ3) is 31.1. The second-order valence-corrected chi connectivity index (χ2v) is 16.3. The maximum atomic E-state index is 11.7. The summed E-state index contributed by atoms with van der Waals surface area (Å²) in [6.45, 7) is 4.98. The van der Waals surface area contributed by atoms with Crippen molar-refractivity contribution in [2.24, 2.45) is 0 Å². The largest absolute Gasteiger partial charge is 0.347 e. The molecule has 0 N–H and O–H groups in total. The summed E-state index contributed by atoms with van der Waals surface area (Å²) in [6, 6.07) is 0. The van der Waals surface area contributed by atoms with Crippen LogP contribution in [0.5, 0.6) is 0 Å². The predicted molar refractivity (Wildman–Crippen MR) is 224 cm³/mol. The highest BCUT2D eigenvalue weighted by Crippen LogP contribution is 2.35. The first-order valence-electron chi connectivity index (χ1n) is 20.6. The first-order valence-corrected chi connectivity index (χ1v) is 22.7. The SMILES string of the molecule is CCCCCC=CCC=CCC=CCC=CCCCCC1(CCCCC=CCC=CCC=CCC=CCCCCC)OCC(CCS(C)(=O)=O)O1. The molecule has 0 amide bonds. The standard InChI is InChI=1S/C46H76O4S/c1-4-6-8-10-12-14-16-18-20-22-24-26-28-30-32-34-36-38-41-46(49-44-45(50-46)40-43-51(3,47)48)42-39-37-35-33-31-29-27-25-23-21-19-17-15-13-11-9-7-5-2/h12-15,18-21,24-27,30-33,45H,4-11,16-17,22-23,28-29,34-44H2,1-3H3. The fourth-order valence-electron chi connectivity index (χ4n) is 5.93. The smallest absolute Gasteiger partial charge is 0.168 e. The Morgan fingerprint density at radius 2 is 0.843 bits per heavy atom. The number of sulfone groups is 1. The molecular weight excluding hydrogens is 649 g/mol. The Morgan fingerprint density at radius 1 is 0.510 bits per heavy atom. The highest BCUT2D eigenvalue weighted by Gasteiger charge is 2.40. The molecular formula is C46H76O4S. The number of ether oxygens (including phenoxy) is 2. The van der Waals surface area contributed by atoms with Crippen LogP contribution in [-0.4, -0.2) is 38.9 Å². The summed E-state index contributed by atoms with van der Waals surface area (Å²) in [5.74, 6) is -0.424. The van der Waals surface area contributed by atoms with Crippen LogP contribution < -0.4 is 0 Å². The molecule has 0 aromatic carbocycles. The molecule has 5 heteroatoms. The highest BCUT2D eigenvalue weighted by atomic mass is 32.2. The van der Waals surface area contributed by atoms with Crippen molar-refractivity contribution in [3.05, 3.63) is 97.2 Å². The molecule has 0 radical (unpaired) electrons. The number of hydrogen-bond acceptors (Lipinski definition) is 4. The van der Waals surface area contributed by atoms with Gasteiger partial charge >= 0.3 is 0 Å². The minimum Gasteiger partial charge on any atom is -0.347 e. The maximum absolute atomic E-state index is 11.7. The van der Waals surface area contributed by atoms with E-state index in [0.29, 0.717) is 13.0 Å². The van der Waals surface area contributed by atoms with E-state index < -0.39 is 15.6 Å². The van der Waals surface area contributed by atoms with E-state index in [2.05, 4.69) is 111 Å². The Hall–Kier alpha value is -2.21. The quantitative estimate of drug-likeness (QED) is 0.0499. The molecule has 1 atom stereocenters. The van der Waals surface area contributed by atoms with Gasteiger partial charge in [0.15, 0.2) is 5.79 Å². The van der Waals surface area contributed by atoms with Gasteiger partial charge in [-0.2, -0.15) is 0 Å². The van der Waals surface area contributed by atoms with Gasteiger partial charge in [-0.15, -0.1) is 0 Å². The minimum atomic E-state index is -3.01. The number of rotatable bonds is 33. The van der Waals surface area contributed by atoms with Gasteiger partial charge in [-0.05, 0) is 109 Å². The van der Waals surface area contributed by atoms with Gasteiger partial charge in [-0.1, -0.05) is 137 Å². The predicted octanol–water partition coefficient (Wildman–Crippen LogP) is 13.6. The van der Waals surface area contributed by atoms with Crippen molar-refractivity contribution in [2.45, 2.75) is 173 Å². The van der Waals surface area contributed by atoms with Crippen LogP contribution in [0.4, 0.5) is 0 Å². The van der Waals surface area contributed by atoms with Crippen LogP contribution in [0, 0.1) is 0 Å². The summed E-state index contributed by atoms with van der Waals surface area (Å²) in [5, 5.41) is 0. The van der Waals surface area contributed by atoms with E-state index in [9.17, 15) is 8.42 Å². The topological polar surface area (TPSA) is 52.6 Å². The summed E-state index contributed by atoms with van der Waals surface area (Å²) >= 11 is 0. The van der Waals surface area contributed by atoms with Gasteiger partial charge in [0.1, 0.15) is 9.84 Å². The lowest BCUT2D eigenvalue weighted by Gasteiger charge is -2.28. The summed E-state index contributed by atoms with van der Waals surface area (Å²) in [7, 11) is -3.01. The minimum absolute atomic E-state index is 0.137. The lowest BCUT2D eigenvalue weighted by Crippen LogP contribution is -2.31. The third-order valence-corrected chi connectivity index (χ3v) is 9.97. The van der Waals surface area contributed by atoms with Gasteiger partial charge in [-0.3, -0.25) is 0 Å². The fraction of sp³-hybridized carbons (Fsp3) is 0.652. The molecule has 4 nitrogen and oxygen atoms in total. The molecule has 0 saturated carbocycles. The van der Waals surface area contributed by atoms with Gasteiger partial charge in [-0.25, -0.2) is 8.42 Å². The summed E-state index contributed by atoms with van der Waals surface area (Å²) in [4.78, 5) is 0. The van der Waals surface area contributed by atoms with Gasteiger partial charge in [0, 0.05) is 19.1 Å². The molecule has 1 unspecified atom stereocenters. The van der Waals surface area contributed by atoms with Gasteiger partial charge in [0.05, 0.1) is 18.5 Å². The number of unbranched alkanes of at least 4 members (excludes halogenated alkanes) is 10. The van der Waals surface area contributed by atoms with Crippen molar-refractivity contribution < 1.29 is 17.9 Å². The van der Waals surface area contributed by atoms with Crippen molar-refractivity contribution in [1.82, 2.24) is 0 Å². The molecule has 0 aromatic rings. The van der Waals surface area contributed by atoms with E-state index in [1.807, 2.05) is 0 Å². The molecule has 0 bridgehead atoms. The average Bonchev–Trinajstić information content (AvgIpc) is 3.52. The Kier molecular flexibility index (Phi) is 30.9. The number of allylic oxidation sites excluding steroid dienone is 16. The van der Waals surface area contributed by atoms with Crippen LogP contribution in [0.3, 0.4) is 0 Å². The van der Waals surface area contributed by atoms with Gasteiger partial charge < -0.3 is 9.47 Å².